The van der Waals surface area contributed by atoms with Crippen molar-refractivity contribution in [3.63, 3.8) is 0 Å². The van der Waals surface area contributed by atoms with Gasteiger partial charge in [0.25, 0.3) is 0 Å². The number of esters is 1. The molecule has 1 heterocycles. The summed E-state index contributed by atoms with van der Waals surface area (Å²) in [6.45, 7) is 4.57. The Kier molecular flexibility index (Phi) is 4.58. The number of carbonyl (C=O) groups excluding carboxylic acids is 1. The second-order valence-electron chi connectivity index (χ2n) is 5.20. The second kappa shape index (κ2) is 5.99. The largest absolute Gasteiger partial charge is 0.463 e. The van der Waals surface area contributed by atoms with Gasteiger partial charge in [0, 0.05) is 19.2 Å². The van der Waals surface area contributed by atoms with E-state index in [0.29, 0.717) is 12.0 Å². The van der Waals surface area contributed by atoms with Gasteiger partial charge in [0.15, 0.2) is 0 Å². The fraction of sp³-hybridized carbons (Fsp3) is 0.643. The fourth-order valence-corrected chi connectivity index (χ4v) is 2.94. The highest BCUT2D eigenvalue weighted by molar-refractivity contribution is 7.13. The van der Waals surface area contributed by atoms with Crippen LogP contribution in [0, 0.1) is 5.41 Å². The maximum Gasteiger partial charge on any atom is 0.331 e. The molecule has 1 saturated heterocycles. The van der Waals surface area contributed by atoms with E-state index < -0.39 is 0 Å². The molecule has 2 aliphatic rings. The SMILES string of the molecule is CCOC(=O)C=C1C=CC2(CC1)CCN(P)CC2. The van der Waals surface area contributed by atoms with Crippen LogP contribution in [0.4, 0.5) is 0 Å². The van der Waals surface area contributed by atoms with E-state index in [-0.39, 0.29) is 5.97 Å². The predicted molar refractivity (Wildman–Crippen MR) is 76.0 cm³/mol. The van der Waals surface area contributed by atoms with Gasteiger partial charge >= 0.3 is 5.97 Å². The molecule has 3 nitrogen and oxygen atoms in total. The van der Waals surface area contributed by atoms with Gasteiger partial charge in [-0.1, -0.05) is 21.5 Å². The Bertz CT molecular complexity index is 368. The van der Waals surface area contributed by atoms with Crippen LogP contribution in [0.25, 0.3) is 0 Å². The van der Waals surface area contributed by atoms with Crippen LogP contribution < -0.4 is 0 Å². The molecular formula is C14H22NO2P. The average Bonchev–Trinajstić information content (AvgIpc) is 2.37. The first-order chi connectivity index (χ1) is 8.63. The smallest absolute Gasteiger partial charge is 0.331 e. The molecule has 2 rings (SSSR count). The van der Waals surface area contributed by atoms with Crippen LogP contribution in [-0.4, -0.2) is 30.3 Å². The van der Waals surface area contributed by atoms with E-state index in [2.05, 4.69) is 26.2 Å². The summed E-state index contributed by atoms with van der Waals surface area (Å²) in [5.74, 6) is -0.215. The molecule has 0 bridgehead atoms. The van der Waals surface area contributed by atoms with Gasteiger partial charge in [-0.25, -0.2) is 4.79 Å². The first-order valence-corrected chi connectivity index (χ1v) is 7.21. The Morgan fingerprint density at radius 2 is 2.22 bits per heavy atom. The predicted octanol–water partition coefficient (Wildman–Crippen LogP) is 2.70. The molecule has 1 unspecified atom stereocenters. The molecule has 0 saturated carbocycles. The van der Waals surface area contributed by atoms with Gasteiger partial charge in [-0.3, -0.25) is 4.67 Å². The number of ether oxygens (including phenoxy) is 1. The highest BCUT2D eigenvalue weighted by Crippen LogP contribution is 2.42. The third-order valence-corrected chi connectivity index (χ3v) is 4.46. The van der Waals surface area contributed by atoms with E-state index >= 15 is 0 Å². The van der Waals surface area contributed by atoms with Crippen molar-refractivity contribution < 1.29 is 9.53 Å². The number of piperidine rings is 1. The van der Waals surface area contributed by atoms with Crippen molar-refractivity contribution in [3.05, 3.63) is 23.8 Å². The number of carbonyl (C=O) groups is 1. The molecule has 0 aromatic carbocycles. The maximum absolute atomic E-state index is 11.4. The van der Waals surface area contributed by atoms with Crippen LogP contribution in [0.3, 0.4) is 0 Å². The van der Waals surface area contributed by atoms with Crippen LogP contribution in [0.15, 0.2) is 23.8 Å². The minimum Gasteiger partial charge on any atom is -0.463 e. The van der Waals surface area contributed by atoms with Crippen molar-refractivity contribution in [1.29, 1.82) is 0 Å². The minimum absolute atomic E-state index is 0.215. The van der Waals surface area contributed by atoms with E-state index in [0.717, 1.165) is 31.5 Å². The normalized spacial score (nSPS) is 25.6. The number of allylic oxidation sites excluding steroid dienone is 3. The summed E-state index contributed by atoms with van der Waals surface area (Å²) in [6.07, 6.45) is 10.7. The molecule has 1 spiro atoms. The summed E-state index contributed by atoms with van der Waals surface area (Å²) in [5.41, 5.74) is 1.48. The highest BCUT2D eigenvalue weighted by atomic mass is 31.0. The monoisotopic (exact) mass is 267 g/mol. The standard InChI is InChI=1S/C14H22NO2P/c1-2-17-13(16)11-12-3-5-14(6-4-12)7-9-15(18)10-8-14/h3,5,11H,2,4,6-10,18H2,1H3. The molecule has 100 valence electrons. The summed E-state index contributed by atoms with van der Waals surface area (Å²) < 4.78 is 7.25. The molecule has 0 radical (unpaired) electrons. The van der Waals surface area contributed by atoms with Crippen molar-refractivity contribution >= 4 is 15.4 Å². The van der Waals surface area contributed by atoms with Crippen LogP contribution in [0.1, 0.15) is 32.6 Å². The number of hydrogen-bond acceptors (Lipinski definition) is 3. The molecule has 0 aromatic heterocycles. The lowest BCUT2D eigenvalue weighted by atomic mass is 9.71. The van der Waals surface area contributed by atoms with Crippen molar-refractivity contribution in [2.24, 2.45) is 5.41 Å². The van der Waals surface area contributed by atoms with Crippen molar-refractivity contribution in [3.8, 4) is 0 Å². The van der Waals surface area contributed by atoms with Gasteiger partial charge < -0.3 is 4.74 Å². The summed E-state index contributed by atoms with van der Waals surface area (Å²) in [5, 5.41) is 0. The van der Waals surface area contributed by atoms with Crippen LogP contribution in [0.5, 0.6) is 0 Å². The zero-order chi connectivity index (χ0) is 13.0. The molecule has 0 N–H and O–H groups in total. The Morgan fingerprint density at radius 1 is 1.50 bits per heavy atom. The van der Waals surface area contributed by atoms with Crippen molar-refractivity contribution in [2.75, 3.05) is 19.7 Å². The Morgan fingerprint density at radius 3 is 2.78 bits per heavy atom. The lowest BCUT2D eigenvalue weighted by Crippen LogP contribution is -2.35. The van der Waals surface area contributed by atoms with E-state index in [1.807, 2.05) is 6.92 Å². The first-order valence-electron chi connectivity index (χ1n) is 6.70. The summed E-state index contributed by atoms with van der Waals surface area (Å²) >= 11 is 0. The zero-order valence-corrected chi connectivity index (χ0v) is 12.2. The lowest BCUT2D eigenvalue weighted by Gasteiger charge is -2.40. The van der Waals surface area contributed by atoms with E-state index in [4.69, 9.17) is 4.74 Å². The first kappa shape index (κ1) is 13.8. The molecular weight excluding hydrogens is 245 g/mol. The van der Waals surface area contributed by atoms with Gasteiger partial charge in [-0.15, -0.1) is 0 Å². The molecule has 1 fully saturated rings. The molecule has 4 heteroatoms. The Hall–Kier alpha value is -0.660. The quantitative estimate of drug-likeness (QED) is 0.437. The number of rotatable bonds is 2. The van der Waals surface area contributed by atoms with Gasteiger partial charge in [0.05, 0.1) is 6.61 Å². The summed E-state index contributed by atoms with van der Waals surface area (Å²) in [6, 6.07) is 0. The summed E-state index contributed by atoms with van der Waals surface area (Å²) in [7, 11) is 2.79. The molecule has 1 aliphatic heterocycles. The van der Waals surface area contributed by atoms with E-state index in [9.17, 15) is 4.79 Å². The van der Waals surface area contributed by atoms with Gasteiger partial charge in [-0.05, 0) is 43.6 Å². The third-order valence-electron chi connectivity index (χ3n) is 3.95. The van der Waals surface area contributed by atoms with Crippen LogP contribution in [0.2, 0.25) is 0 Å². The van der Waals surface area contributed by atoms with Crippen LogP contribution >= 0.6 is 9.39 Å². The topological polar surface area (TPSA) is 29.5 Å². The van der Waals surface area contributed by atoms with Crippen LogP contribution in [-0.2, 0) is 9.53 Å². The van der Waals surface area contributed by atoms with Crippen molar-refractivity contribution in [1.82, 2.24) is 4.67 Å². The fourth-order valence-electron chi connectivity index (χ4n) is 2.69. The maximum atomic E-state index is 11.4. The average molecular weight is 267 g/mol. The molecule has 0 amide bonds. The van der Waals surface area contributed by atoms with E-state index in [1.54, 1.807) is 6.08 Å². The zero-order valence-electron chi connectivity index (χ0n) is 11.0. The molecule has 1 aliphatic carbocycles. The third kappa shape index (κ3) is 3.43. The lowest BCUT2D eigenvalue weighted by molar-refractivity contribution is -0.137. The highest BCUT2D eigenvalue weighted by Gasteiger charge is 2.32. The van der Waals surface area contributed by atoms with Gasteiger partial charge in [0.1, 0.15) is 0 Å². The summed E-state index contributed by atoms with van der Waals surface area (Å²) in [4.78, 5) is 11.4. The minimum atomic E-state index is -0.215. The molecule has 18 heavy (non-hydrogen) atoms. The van der Waals surface area contributed by atoms with E-state index in [1.165, 1.54) is 12.8 Å². The number of hydrogen-bond donors (Lipinski definition) is 0. The Labute approximate surface area is 112 Å². The van der Waals surface area contributed by atoms with Gasteiger partial charge in [-0.2, -0.15) is 0 Å². The molecule has 0 aromatic rings. The number of nitrogens with zero attached hydrogens (tertiary/aromatic N) is 1. The second-order valence-corrected chi connectivity index (χ2v) is 5.93. The molecule has 1 atom stereocenters. The Balaban J connectivity index is 1.97. The van der Waals surface area contributed by atoms with Crippen molar-refractivity contribution in [2.45, 2.75) is 32.6 Å². The van der Waals surface area contributed by atoms with Gasteiger partial charge in [0.2, 0.25) is 0 Å².